The van der Waals surface area contributed by atoms with Crippen molar-refractivity contribution in [2.45, 2.75) is 38.6 Å². The van der Waals surface area contributed by atoms with E-state index < -0.39 is 0 Å². The van der Waals surface area contributed by atoms with Crippen molar-refractivity contribution in [2.24, 2.45) is 0 Å². The zero-order valence-corrected chi connectivity index (χ0v) is 13.7. The highest BCUT2D eigenvalue weighted by Gasteiger charge is 2.27. The third-order valence-electron chi connectivity index (χ3n) is 4.31. The molecule has 1 aromatic carbocycles. The van der Waals surface area contributed by atoms with E-state index in [1.165, 1.54) is 18.6 Å². The van der Waals surface area contributed by atoms with Crippen LogP contribution in [0.25, 0.3) is 0 Å². The van der Waals surface area contributed by atoms with Crippen LogP contribution >= 0.6 is 0 Å². The Balaban J connectivity index is 1.78. The zero-order valence-electron chi connectivity index (χ0n) is 13.7. The van der Waals surface area contributed by atoms with E-state index in [1.54, 1.807) is 24.4 Å². The van der Waals surface area contributed by atoms with Gasteiger partial charge in [-0.1, -0.05) is 13.0 Å². The summed E-state index contributed by atoms with van der Waals surface area (Å²) in [5, 5.41) is 2.94. The highest BCUT2D eigenvalue weighted by atomic mass is 19.1. The van der Waals surface area contributed by atoms with Crippen molar-refractivity contribution < 1.29 is 9.18 Å². The molecule has 0 bridgehead atoms. The molecule has 0 spiro atoms. The molecular weight excluding hydrogens is 307 g/mol. The fraction of sp³-hybridized carbons (Fsp3) is 0.389. The monoisotopic (exact) mass is 328 g/mol. The Labute approximate surface area is 140 Å². The third kappa shape index (κ3) is 3.69. The number of carbonyl (C=O) groups excluding carboxylic acids is 1. The summed E-state index contributed by atoms with van der Waals surface area (Å²) in [6, 6.07) is 7.95. The molecule has 3 rings (SSSR count). The minimum Gasteiger partial charge on any atom is -0.334 e. The zero-order chi connectivity index (χ0) is 16.9. The summed E-state index contributed by atoms with van der Waals surface area (Å²) in [6.07, 6.45) is 5.74. The van der Waals surface area contributed by atoms with Crippen LogP contribution in [-0.4, -0.2) is 33.4 Å². The van der Waals surface area contributed by atoms with Crippen LogP contribution in [0.2, 0.25) is 0 Å². The van der Waals surface area contributed by atoms with Gasteiger partial charge in [-0.2, -0.15) is 0 Å². The van der Waals surface area contributed by atoms with Gasteiger partial charge in [-0.25, -0.2) is 14.4 Å². The highest BCUT2D eigenvalue weighted by molar-refractivity contribution is 5.92. The molecule has 1 aromatic heterocycles. The van der Waals surface area contributed by atoms with Crippen molar-refractivity contribution in [3.05, 3.63) is 48.0 Å². The summed E-state index contributed by atoms with van der Waals surface area (Å²) in [7, 11) is 0. The van der Waals surface area contributed by atoms with Crippen molar-refractivity contribution >= 4 is 17.5 Å². The molecule has 1 unspecified atom stereocenters. The van der Waals surface area contributed by atoms with E-state index in [1.807, 2.05) is 4.90 Å². The van der Waals surface area contributed by atoms with E-state index in [2.05, 4.69) is 22.2 Å². The predicted molar refractivity (Wildman–Crippen MR) is 90.7 cm³/mol. The molecule has 2 aromatic rings. The Morgan fingerprint density at radius 2 is 2.25 bits per heavy atom. The van der Waals surface area contributed by atoms with Crippen molar-refractivity contribution in [1.82, 2.24) is 14.9 Å². The first-order chi connectivity index (χ1) is 11.7. The smallest absolute Gasteiger partial charge is 0.272 e. The number of amides is 1. The van der Waals surface area contributed by atoms with Gasteiger partial charge in [0.15, 0.2) is 0 Å². The Morgan fingerprint density at radius 3 is 3.04 bits per heavy atom. The number of hydrogen-bond donors (Lipinski definition) is 1. The minimum absolute atomic E-state index is 0.0637. The van der Waals surface area contributed by atoms with Gasteiger partial charge in [0, 0.05) is 24.5 Å². The molecule has 1 aliphatic heterocycles. The topological polar surface area (TPSA) is 58.1 Å². The van der Waals surface area contributed by atoms with Crippen molar-refractivity contribution in [3.63, 3.8) is 0 Å². The number of benzene rings is 1. The van der Waals surface area contributed by atoms with Gasteiger partial charge < -0.3 is 10.2 Å². The lowest BCUT2D eigenvalue weighted by Gasteiger charge is -2.35. The second-order valence-corrected chi connectivity index (χ2v) is 5.96. The standard InChI is InChI=1S/C18H21FN4O/c1-2-15-8-3-4-11-23(15)17(24)16-9-10-20-18(22-16)21-14-7-5-6-13(19)12-14/h5-7,9-10,12,15H,2-4,8,11H2,1H3,(H,20,21,22). The molecule has 1 atom stereocenters. The summed E-state index contributed by atoms with van der Waals surface area (Å²) in [5.74, 6) is -0.117. The summed E-state index contributed by atoms with van der Waals surface area (Å²) < 4.78 is 13.3. The molecule has 0 aliphatic carbocycles. The normalized spacial score (nSPS) is 17.6. The van der Waals surface area contributed by atoms with E-state index in [-0.39, 0.29) is 23.7 Å². The van der Waals surface area contributed by atoms with Crippen molar-refractivity contribution in [1.29, 1.82) is 0 Å². The maximum absolute atomic E-state index is 13.3. The van der Waals surface area contributed by atoms with E-state index in [0.29, 0.717) is 11.4 Å². The van der Waals surface area contributed by atoms with Gasteiger partial charge in [-0.05, 0) is 49.9 Å². The van der Waals surface area contributed by atoms with Crippen LogP contribution in [0, 0.1) is 5.82 Å². The fourth-order valence-electron chi connectivity index (χ4n) is 3.07. The molecule has 24 heavy (non-hydrogen) atoms. The number of likely N-dealkylation sites (tertiary alicyclic amines) is 1. The molecule has 1 fully saturated rings. The molecule has 0 saturated carbocycles. The van der Waals surface area contributed by atoms with Crippen LogP contribution in [-0.2, 0) is 0 Å². The number of nitrogens with one attached hydrogen (secondary N) is 1. The van der Waals surface area contributed by atoms with Crippen LogP contribution < -0.4 is 5.32 Å². The average molecular weight is 328 g/mol. The molecule has 1 N–H and O–H groups in total. The second kappa shape index (κ2) is 7.38. The number of hydrogen-bond acceptors (Lipinski definition) is 4. The van der Waals surface area contributed by atoms with Crippen molar-refractivity contribution in [3.8, 4) is 0 Å². The molecule has 126 valence electrons. The molecule has 5 nitrogen and oxygen atoms in total. The summed E-state index contributed by atoms with van der Waals surface area (Å²) >= 11 is 0. The number of carbonyl (C=O) groups is 1. The second-order valence-electron chi connectivity index (χ2n) is 5.96. The van der Waals surface area contributed by atoms with Crippen LogP contribution in [0.4, 0.5) is 16.0 Å². The highest BCUT2D eigenvalue weighted by Crippen LogP contribution is 2.22. The van der Waals surface area contributed by atoms with E-state index in [4.69, 9.17) is 0 Å². The van der Waals surface area contributed by atoms with E-state index >= 15 is 0 Å². The number of anilines is 2. The predicted octanol–water partition coefficient (Wildman–Crippen LogP) is 3.76. The SMILES string of the molecule is CCC1CCCCN1C(=O)c1ccnc(Nc2cccc(F)c2)n1. The Hall–Kier alpha value is -2.50. The summed E-state index contributed by atoms with van der Waals surface area (Å²) in [4.78, 5) is 23.1. The largest absolute Gasteiger partial charge is 0.334 e. The van der Waals surface area contributed by atoms with Crippen LogP contribution in [0.15, 0.2) is 36.5 Å². The van der Waals surface area contributed by atoms with Crippen LogP contribution in [0.3, 0.4) is 0 Å². The summed E-state index contributed by atoms with van der Waals surface area (Å²) in [5.41, 5.74) is 0.910. The van der Waals surface area contributed by atoms with Gasteiger partial charge in [-0.15, -0.1) is 0 Å². The maximum Gasteiger partial charge on any atom is 0.272 e. The molecule has 6 heteroatoms. The number of aromatic nitrogens is 2. The quantitative estimate of drug-likeness (QED) is 0.928. The minimum atomic E-state index is -0.341. The first-order valence-electron chi connectivity index (χ1n) is 8.34. The first kappa shape index (κ1) is 16.4. The van der Waals surface area contributed by atoms with E-state index in [0.717, 1.165) is 25.8 Å². The maximum atomic E-state index is 13.3. The molecule has 1 amide bonds. The number of halogens is 1. The molecule has 0 radical (unpaired) electrons. The number of piperidine rings is 1. The first-order valence-corrected chi connectivity index (χ1v) is 8.34. The lowest BCUT2D eigenvalue weighted by atomic mass is 9.99. The molecular formula is C18H21FN4O. The molecule has 2 heterocycles. The lowest BCUT2D eigenvalue weighted by Crippen LogP contribution is -2.43. The van der Waals surface area contributed by atoms with Gasteiger partial charge in [0.25, 0.3) is 5.91 Å². The van der Waals surface area contributed by atoms with Crippen LogP contribution in [0.5, 0.6) is 0 Å². The van der Waals surface area contributed by atoms with Gasteiger partial charge in [-0.3, -0.25) is 4.79 Å². The Morgan fingerprint density at radius 1 is 1.38 bits per heavy atom. The average Bonchev–Trinajstić information content (AvgIpc) is 2.61. The third-order valence-corrected chi connectivity index (χ3v) is 4.31. The molecule has 1 saturated heterocycles. The van der Waals surface area contributed by atoms with Crippen LogP contribution in [0.1, 0.15) is 43.1 Å². The Kier molecular flexibility index (Phi) is 5.03. The van der Waals surface area contributed by atoms with Gasteiger partial charge in [0.05, 0.1) is 0 Å². The van der Waals surface area contributed by atoms with Crippen molar-refractivity contribution in [2.75, 3.05) is 11.9 Å². The van der Waals surface area contributed by atoms with Gasteiger partial charge in [0.2, 0.25) is 5.95 Å². The Bertz CT molecular complexity index is 722. The van der Waals surface area contributed by atoms with Gasteiger partial charge in [0.1, 0.15) is 11.5 Å². The summed E-state index contributed by atoms with van der Waals surface area (Å²) in [6.45, 7) is 2.88. The number of nitrogens with zero attached hydrogens (tertiary/aromatic N) is 3. The molecule has 1 aliphatic rings. The van der Waals surface area contributed by atoms with Gasteiger partial charge >= 0.3 is 0 Å². The van der Waals surface area contributed by atoms with E-state index in [9.17, 15) is 9.18 Å². The number of rotatable bonds is 4. The fourth-order valence-corrected chi connectivity index (χ4v) is 3.07. The lowest BCUT2D eigenvalue weighted by molar-refractivity contribution is 0.0602.